The minimum Gasteiger partial charge on any atom is -0.338 e. The number of nitro groups is 1. The maximum absolute atomic E-state index is 12.6. The lowest BCUT2D eigenvalue weighted by Crippen LogP contribution is -2.32. The Bertz CT molecular complexity index is 670. The van der Waals surface area contributed by atoms with Gasteiger partial charge in [0.05, 0.1) is 4.92 Å². The molecule has 3 rings (SSSR count). The number of benzene rings is 1. The standard InChI is InChI=1S/C18H22N2O4/c1-2-3-4-16(21)10-18-9-14(18)11-19(12-18)17(22)13-5-7-15(8-6-13)20(23)24/h5-8,14H,2-4,9-12H2,1H3. The van der Waals surface area contributed by atoms with Gasteiger partial charge in [0, 0.05) is 43.6 Å². The number of amides is 1. The molecule has 1 aliphatic heterocycles. The van der Waals surface area contributed by atoms with Crippen LogP contribution < -0.4 is 0 Å². The lowest BCUT2D eigenvalue weighted by Gasteiger charge is -2.21. The van der Waals surface area contributed by atoms with Gasteiger partial charge < -0.3 is 4.90 Å². The second kappa shape index (κ2) is 6.34. The van der Waals surface area contributed by atoms with Gasteiger partial charge in [0.1, 0.15) is 5.78 Å². The van der Waals surface area contributed by atoms with Gasteiger partial charge in [-0.3, -0.25) is 19.7 Å². The molecule has 6 nitrogen and oxygen atoms in total. The Balaban J connectivity index is 1.60. The van der Waals surface area contributed by atoms with Gasteiger partial charge in [-0.1, -0.05) is 13.3 Å². The van der Waals surface area contributed by atoms with Gasteiger partial charge in [-0.25, -0.2) is 0 Å². The van der Waals surface area contributed by atoms with E-state index >= 15 is 0 Å². The van der Waals surface area contributed by atoms with Crippen LogP contribution in [0.4, 0.5) is 5.69 Å². The second-order valence-electron chi connectivity index (χ2n) is 7.07. The molecule has 1 aliphatic carbocycles. The first-order valence-electron chi connectivity index (χ1n) is 8.50. The Morgan fingerprint density at radius 3 is 2.67 bits per heavy atom. The molecule has 6 heteroatoms. The fourth-order valence-corrected chi connectivity index (χ4v) is 3.78. The van der Waals surface area contributed by atoms with Gasteiger partial charge in [0.15, 0.2) is 0 Å². The quantitative estimate of drug-likeness (QED) is 0.568. The van der Waals surface area contributed by atoms with Crippen molar-refractivity contribution < 1.29 is 14.5 Å². The largest absolute Gasteiger partial charge is 0.338 e. The number of nitrogens with zero attached hydrogens (tertiary/aromatic N) is 2. The molecule has 0 N–H and O–H groups in total. The highest BCUT2D eigenvalue weighted by Crippen LogP contribution is 2.60. The summed E-state index contributed by atoms with van der Waals surface area (Å²) in [5.41, 5.74) is 0.449. The maximum Gasteiger partial charge on any atom is 0.269 e. The van der Waals surface area contributed by atoms with E-state index in [1.54, 1.807) is 4.90 Å². The summed E-state index contributed by atoms with van der Waals surface area (Å²) in [6.45, 7) is 3.40. The van der Waals surface area contributed by atoms with Gasteiger partial charge in [-0.15, -0.1) is 0 Å². The number of rotatable bonds is 7. The molecule has 1 heterocycles. The number of ketones is 1. The van der Waals surface area contributed by atoms with Crippen LogP contribution >= 0.6 is 0 Å². The van der Waals surface area contributed by atoms with Crippen LogP contribution in [0.15, 0.2) is 24.3 Å². The van der Waals surface area contributed by atoms with Crippen LogP contribution in [0, 0.1) is 21.4 Å². The summed E-state index contributed by atoms with van der Waals surface area (Å²) in [7, 11) is 0. The molecule has 24 heavy (non-hydrogen) atoms. The lowest BCUT2D eigenvalue weighted by molar-refractivity contribution is -0.384. The Labute approximate surface area is 141 Å². The van der Waals surface area contributed by atoms with Crippen LogP contribution in [-0.2, 0) is 4.79 Å². The number of hydrogen-bond acceptors (Lipinski definition) is 4. The molecule has 128 valence electrons. The fourth-order valence-electron chi connectivity index (χ4n) is 3.78. The summed E-state index contributed by atoms with van der Waals surface area (Å²) in [6, 6.07) is 5.72. The molecule has 2 aliphatic rings. The summed E-state index contributed by atoms with van der Waals surface area (Å²) >= 11 is 0. The van der Waals surface area contributed by atoms with Crippen LogP contribution in [0.1, 0.15) is 49.4 Å². The molecule has 1 saturated carbocycles. The van der Waals surface area contributed by atoms with Gasteiger partial charge in [-0.05, 0) is 36.3 Å². The number of non-ortho nitro benzene ring substituents is 1. The molecule has 0 radical (unpaired) electrons. The third-order valence-corrected chi connectivity index (χ3v) is 5.28. The lowest BCUT2D eigenvalue weighted by atomic mass is 9.96. The highest BCUT2D eigenvalue weighted by atomic mass is 16.6. The van der Waals surface area contributed by atoms with Gasteiger partial charge in [-0.2, -0.15) is 0 Å². The molecule has 1 amide bonds. The van der Waals surface area contributed by atoms with E-state index < -0.39 is 4.92 Å². The number of carbonyl (C=O) groups is 2. The summed E-state index contributed by atoms with van der Waals surface area (Å²) in [6.07, 6.45) is 4.22. The first-order chi connectivity index (χ1) is 11.4. The highest BCUT2D eigenvalue weighted by Gasteiger charge is 2.61. The van der Waals surface area contributed by atoms with E-state index in [4.69, 9.17) is 0 Å². The monoisotopic (exact) mass is 330 g/mol. The van der Waals surface area contributed by atoms with E-state index in [-0.39, 0.29) is 17.0 Å². The van der Waals surface area contributed by atoms with E-state index in [0.717, 1.165) is 19.3 Å². The number of carbonyl (C=O) groups excluding carboxylic acids is 2. The molecule has 2 fully saturated rings. The van der Waals surface area contributed by atoms with Crippen LogP contribution in [0.2, 0.25) is 0 Å². The Morgan fingerprint density at radius 2 is 2.04 bits per heavy atom. The zero-order valence-corrected chi connectivity index (χ0v) is 13.9. The maximum atomic E-state index is 12.6. The van der Waals surface area contributed by atoms with E-state index in [2.05, 4.69) is 6.92 Å². The van der Waals surface area contributed by atoms with Crippen molar-refractivity contribution in [3.8, 4) is 0 Å². The minimum atomic E-state index is -0.476. The first kappa shape index (κ1) is 16.6. The molecule has 1 saturated heterocycles. The van der Waals surface area contributed by atoms with Crippen LogP contribution in [0.3, 0.4) is 0 Å². The van der Waals surface area contributed by atoms with Crippen molar-refractivity contribution in [1.82, 2.24) is 4.90 Å². The van der Waals surface area contributed by atoms with Crippen LogP contribution in [0.5, 0.6) is 0 Å². The molecular weight excluding hydrogens is 308 g/mol. The SMILES string of the molecule is CCCCC(=O)CC12CC1CN(C(=O)c1ccc([N+](=O)[O-])cc1)C2. The summed E-state index contributed by atoms with van der Waals surface area (Å²) < 4.78 is 0. The Kier molecular flexibility index (Phi) is 4.39. The van der Waals surface area contributed by atoms with Crippen molar-refractivity contribution >= 4 is 17.4 Å². The first-order valence-corrected chi connectivity index (χ1v) is 8.50. The zero-order chi connectivity index (χ0) is 17.3. The molecule has 0 spiro atoms. The van der Waals surface area contributed by atoms with Crippen molar-refractivity contribution in [2.45, 2.75) is 39.0 Å². The highest BCUT2D eigenvalue weighted by molar-refractivity contribution is 5.95. The average Bonchev–Trinajstić information content (AvgIpc) is 3.11. The van der Waals surface area contributed by atoms with E-state index in [9.17, 15) is 19.7 Å². The Hall–Kier alpha value is -2.24. The van der Waals surface area contributed by atoms with Gasteiger partial charge in [0.25, 0.3) is 11.6 Å². The molecule has 1 aromatic carbocycles. The van der Waals surface area contributed by atoms with E-state index in [1.807, 2.05) is 0 Å². The van der Waals surface area contributed by atoms with Crippen molar-refractivity contribution in [3.63, 3.8) is 0 Å². The molecule has 1 aromatic rings. The van der Waals surface area contributed by atoms with Gasteiger partial charge in [0.2, 0.25) is 0 Å². The topological polar surface area (TPSA) is 80.5 Å². The number of likely N-dealkylation sites (tertiary alicyclic amines) is 1. The predicted molar refractivity (Wildman–Crippen MR) is 88.7 cm³/mol. The fraction of sp³-hybridized carbons (Fsp3) is 0.556. The van der Waals surface area contributed by atoms with E-state index in [0.29, 0.717) is 43.2 Å². The van der Waals surface area contributed by atoms with E-state index in [1.165, 1.54) is 24.3 Å². The summed E-state index contributed by atoms with van der Waals surface area (Å²) in [5.74, 6) is 0.645. The number of unbranched alkanes of at least 4 members (excludes halogenated alkanes) is 1. The second-order valence-corrected chi connectivity index (χ2v) is 7.07. The van der Waals surface area contributed by atoms with Gasteiger partial charge >= 0.3 is 0 Å². The number of fused-ring (bicyclic) bond motifs is 1. The van der Waals surface area contributed by atoms with Crippen molar-refractivity contribution in [1.29, 1.82) is 0 Å². The third-order valence-electron chi connectivity index (χ3n) is 5.28. The third kappa shape index (κ3) is 3.18. The smallest absolute Gasteiger partial charge is 0.269 e. The number of piperidine rings is 1. The number of hydrogen-bond donors (Lipinski definition) is 0. The van der Waals surface area contributed by atoms with Crippen molar-refractivity contribution in [2.24, 2.45) is 11.3 Å². The molecule has 2 unspecified atom stereocenters. The summed E-state index contributed by atoms with van der Waals surface area (Å²) in [5, 5.41) is 10.7. The van der Waals surface area contributed by atoms with Crippen LogP contribution in [0.25, 0.3) is 0 Å². The van der Waals surface area contributed by atoms with Crippen molar-refractivity contribution in [3.05, 3.63) is 39.9 Å². The molecular formula is C18H22N2O4. The molecule has 2 atom stereocenters. The minimum absolute atomic E-state index is 0.00125. The summed E-state index contributed by atoms with van der Waals surface area (Å²) in [4.78, 5) is 36.6. The molecule has 0 aromatic heterocycles. The van der Waals surface area contributed by atoms with Crippen LogP contribution in [-0.4, -0.2) is 34.6 Å². The average molecular weight is 330 g/mol. The molecule has 0 bridgehead atoms. The number of nitro benzene ring substituents is 1. The predicted octanol–water partition coefficient (Wildman–Crippen LogP) is 3.21. The normalized spacial score (nSPS) is 24.5. The Morgan fingerprint density at radius 1 is 1.33 bits per heavy atom. The van der Waals surface area contributed by atoms with Crippen molar-refractivity contribution in [2.75, 3.05) is 13.1 Å². The number of Topliss-reactive ketones (excluding diaryl/α,β-unsaturated/α-hetero) is 1. The zero-order valence-electron chi connectivity index (χ0n) is 13.9.